The largest absolute Gasteiger partial charge is 0.352 e. The van der Waals surface area contributed by atoms with Crippen LogP contribution in [0.2, 0.25) is 0 Å². The summed E-state index contributed by atoms with van der Waals surface area (Å²) in [5, 5.41) is 5.77. The van der Waals surface area contributed by atoms with E-state index in [4.69, 9.17) is 0 Å². The van der Waals surface area contributed by atoms with Gasteiger partial charge in [0.15, 0.2) is 0 Å². The van der Waals surface area contributed by atoms with E-state index < -0.39 is 0 Å². The average molecular weight is 317 g/mol. The smallest absolute Gasteiger partial charge is 0.317 e. The second kappa shape index (κ2) is 8.56. The van der Waals surface area contributed by atoms with Gasteiger partial charge < -0.3 is 15.5 Å². The van der Waals surface area contributed by atoms with Gasteiger partial charge in [0.1, 0.15) is 0 Å². The fourth-order valence-corrected chi connectivity index (χ4v) is 2.97. The second-order valence-electron chi connectivity index (χ2n) is 6.00. The van der Waals surface area contributed by atoms with Crippen molar-refractivity contribution >= 4 is 11.9 Å². The topological polar surface area (TPSA) is 61.4 Å². The number of amides is 3. The summed E-state index contributed by atoms with van der Waals surface area (Å²) in [6, 6.07) is 7.81. The molecule has 5 heteroatoms. The molecule has 1 aliphatic heterocycles. The number of benzene rings is 1. The molecule has 0 radical (unpaired) electrons. The Kier molecular flexibility index (Phi) is 6.44. The molecule has 1 atom stereocenters. The van der Waals surface area contributed by atoms with Crippen LogP contribution in [-0.2, 0) is 0 Å². The summed E-state index contributed by atoms with van der Waals surface area (Å²) in [6.45, 7) is 6.82. The Hall–Kier alpha value is -2.04. The first-order valence-corrected chi connectivity index (χ1v) is 8.56. The number of hydrogen-bond acceptors (Lipinski definition) is 2. The first-order valence-electron chi connectivity index (χ1n) is 8.56. The van der Waals surface area contributed by atoms with Gasteiger partial charge in [0, 0.05) is 37.7 Å². The summed E-state index contributed by atoms with van der Waals surface area (Å²) in [5.74, 6) is 0.273. The Balaban J connectivity index is 2.06. The number of piperidine rings is 1. The third-order valence-corrected chi connectivity index (χ3v) is 4.19. The second-order valence-corrected chi connectivity index (χ2v) is 6.00. The van der Waals surface area contributed by atoms with Crippen LogP contribution in [0, 0.1) is 0 Å². The highest BCUT2D eigenvalue weighted by Gasteiger charge is 2.24. The molecular weight excluding hydrogens is 290 g/mol. The van der Waals surface area contributed by atoms with Gasteiger partial charge in [-0.2, -0.15) is 0 Å². The standard InChI is InChI=1S/C18H27N3O2/c1-3-10-20-17(22)15-8-5-7-14(12-15)16-9-6-11-21(13-16)18(23)19-4-2/h5,7-8,12,16H,3-4,6,9-11,13H2,1-2H3,(H,19,23)(H,20,22). The minimum Gasteiger partial charge on any atom is -0.352 e. The Morgan fingerprint density at radius 3 is 2.83 bits per heavy atom. The lowest BCUT2D eigenvalue weighted by atomic mass is 9.89. The van der Waals surface area contributed by atoms with E-state index in [1.54, 1.807) is 0 Å². The number of urea groups is 1. The zero-order chi connectivity index (χ0) is 16.7. The minimum atomic E-state index is -0.0231. The summed E-state index contributed by atoms with van der Waals surface area (Å²) in [6.07, 6.45) is 2.97. The molecule has 1 saturated heterocycles. The van der Waals surface area contributed by atoms with Crippen LogP contribution in [0.4, 0.5) is 4.79 Å². The number of likely N-dealkylation sites (tertiary alicyclic amines) is 1. The zero-order valence-corrected chi connectivity index (χ0v) is 14.1. The van der Waals surface area contributed by atoms with Crippen molar-refractivity contribution in [1.82, 2.24) is 15.5 Å². The predicted molar refractivity (Wildman–Crippen MR) is 91.7 cm³/mol. The molecule has 1 unspecified atom stereocenters. The molecule has 1 aromatic carbocycles. The van der Waals surface area contributed by atoms with Crippen LogP contribution >= 0.6 is 0 Å². The molecule has 5 nitrogen and oxygen atoms in total. The van der Waals surface area contributed by atoms with Crippen molar-refractivity contribution in [3.05, 3.63) is 35.4 Å². The molecule has 0 bridgehead atoms. The molecule has 3 amide bonds. The molecular formula is C18H27N3O2. The highest BCUT2D eigenvalue weighted by atomic mass is 16.2. The fourth-order valence-electron chi connectivity index (χ4n) is 2.97. The Labute approximate surface area is 138 Å². The summed E-state index contributed by atoms with van der Waals surface area (Å²) < 4.78 is 0. The number of nitrogens with one attached hydrogen (secondary N) is 2. The number of hydrogen-bond donors (Lipinski definition) is 2. The van der Waals surface area contributed by atoms with Gasteiger partial charge in [0.2, 0.25) is 0 Å². The highest BCUT2D eigenvalue weighted by Crippen LogP contribution is 2.27. The molecule has 1 fully saturated rings. The summed E-state index contributed by atoms with van der Waals surface area (Å²) >= 11 is 0. The van der Waals surface area contributed by atoms with Crippen LogP contribution in [0.1, 0.15) is 54.9 Å². The number of rotatable bonds is 5. The first kappa shape index (κ1) is 17.3. The van der Waals surface area contributed by atoms with Crippen molar-refractivity contribution in [3.63, 3.8) is 0 Å². The van der Waals surface area contributed by atoms with Crippen molar-refractivity contribution in [2.75, 3.05) is 26.2 Å². The van der Waals surface area contributed by atoms with E-state index in [1.807, 2.05) is 36.9 Å². The minimum absolute atomic E-state index is 0.00837. The highest BCUT2D eigenvalue weighted by molar-refractivity contribution is 5.94. The van der Waals surface area contributed by atoms with Crippen molar-refractivity contribution in [2.24, 2.45) is 0 Å². The Bertz CT molecular complexity index is 545. The molecule has 23 heavy (non-hydrogen) atoms. The maximum absolute atomic E-state index is 12.1. The third-order valence-electron chi connectivity index (χ3n) is 4.19. The number of carbonyl (C=O) groups is 2. The monoisotopic (exact) mass is 317 g/mol. The SMILES string of the molecule is CCCNC(=O)c1cccc(C2CCCN(C(=O)NCC)C2)c1. The van der Waals surface area contributed by atoms with Gasteiger partial charge in [-0.05, 0) is 43.9 Å². The van der Waals surface area contributed by atoms with Gasteiger partial charge in [0.25, 0.3) is 5.91 Å². The molecule has 1 heterocycles. The van der Waals surface area contributed by atoms with Gasteiger partial charge in [-0.25, -0.2) is 4.79 Å². The summed E-state index contributed by atoms with van der Waals surface area (Å²) in [5.41, 5.74) is 1.84. The van der Waals surface area contributed by atoms with Gasteiger partial charge >= 0.3 is 6.03 Å². The van der Waals surface area contributed by atoms with Crippen molar-refractivity contribution < 1.29 is 9.59 Å². The molecule has 2 rings (SSSR count). The average Bonchev–Trinajstić information content (AvgIpc) is 2.60. The molecule has 126 valence electrons. The van der Waals surface area contributed by atoms with E-state index in [0.29, 0.717) is 31.1 Å². The van der Waals surface area contributed by atoms with Crippen molar-refractivity contribution in [2.45, 2.75) is 39.0 Å². The van der Waals surface area contributed by atoms with Crippen LogP contribution in [0.25, 0.3) is 0 Å². The lowest BCUT2D eigenvalue weighted by molar-refractivity contribution is 0.0953. The number of nitrogens with zero attached hydrogens (tertiary/aromatic N) is 1. The third kappa shape index (κ3) is 4.71. The van der Waals surface area contributed by atoms with Gasteiger partial charge in [-0.1, -0.05) is 19.1 Å². The molecule has 2 N–H and O–H groups in total. The van der Waals surface area contributed by atoms with Crippen LogP contribution in [0.5, 0.6) is 0 Å². The summed E-state index contributed by atoms with van der Waals surface area (Å²) in [4.78, 5) is 26.0. The van der Waals surface area contributed by atoms with E-state index in [2.05, 4.69) is 16.7 Å². The molecule has 0 aromatic heterocycles. The first-order chi connectivity index (χ1) is 11.2. The Morgan fingerprint density at radius 2 is 2.09 bits per heavy atom. The van der Waals surface area contributed by atoms with Gasteiger partial charge in [-0.15, -0.1) is 0 Å². The molecule has 0 spiro atoms. The van der Waals surface area contributed by atoms with Crippen molar-refractivity contribution in [1.29, 1.82) is 0 Å². The molecule has 1 aliphatic rings. The van der Waals surface area contributed by atoms with E-state index in [9.17, 15) is 9.59 Å². The maximum Gasteiger partial charge on any atom is 0.317 e. The van der Waals surface area contributed by atoms with Crippen LogP contribution in [-0.4, -0.2) is 43.0 Å². The molecule has 0 aliphatic carbocycles. The van der Waals surface area contributed by atoms with Crippen LogP contribution in [0.15, 0.2) is 24.3 Å². The lowest BCUT2D eigenvalue weighted by Gasteiger charge is -2.33. The van der Waals surface area contributed by atoms with E-state index in [1.165, 1.54) is 0 Å². The van der Waals surface area contributed by atoms with Crippen LogP contribution < -0.4 is 10.6 Å². The normalized spacial score (nSPS) is 17.7. The van der Waals surface area contributed by atoms with E-state index >= 15 is 0 Å². The van der Waals surface area contributed by atoms with E-state index in [0.717, 1.165) is 31.4 Å². The van der Waals surface area contributed by atoms with Gasteiger partial charge in [0.05, 0.1) is 0 Å². The lowest BCUT2D eigenvalue weighted by Crippen LogP contribution is -2.44. The number of carbonyl (C=O) groups excluding carboxylic acids is 2. The molecule has 1 aromatic rings. The maximum atomic E-state index is 12.1. The fraction of sp³-hybridized carbons (Fsp3) is 0.556. The Morgan fingerprint density at radius 1 is 1.26 bits per heavy atom. The predicted octanol–water partition coefficient (Wildman–Crippen LogP) is 2.74. The van der Waals surface area contributed by atoms with E-state index in [-0.39, 0.29) is 11.9 Å². The zero-order valence-electron chi connectivity index (χ0n) is 14.1. The van der Waals surface area contributed by atoms with Gasteiger partial charge in [-0.3, -0.25) is 4.79 Å². The van der Waals surface area contributed by atoms with Crippen LogP contribution in [0.3, 0.4) is 0 Å². The summed E-state index contributed by atoms with van der Waals surface area (Å²) in [7, 11) is 0. The van der Waals surface area contributed by atoms with Crippen molar-refractivity contribution in [3.8, 4) is 0 Å². The molecule has 0 saturated carbocycles. The quantitative estimate of drug-likeness (QED) is 0.877.